The van der Waals surface area contributed by atoms with Crippen LogP contribution in [0.4, 0.5) is 0 Å². The molecule has 32 heavy (non-hydrogen) atoms. The number of ether oxygens (including phenoxy) is 3. The monoisotopic (exact) mass is 460 g/mol. The third-order valence-electron chi connectivity index (χ3n) is 5.14. The molecule has 0 bridgehead atoms. The number of halogens is 1. The Balaban J connectivity index is 1.71. The summed E-state index contributed by atoms with van der Waals surface area (Å²) in [7, 11) is 0. The van der Waals surface area contributed by atoms with Gasteiger partial charge < -0.3 is 14.2 Å². The van der Waals surface area contributed by atoms with E-state index in [0.29, 0.717) is 18.1 Å². The number of benzene rings is 2. The van der Waals surface area contributed by atoms with Crippen LogP contribution in [0.15, 0.2) is 42.5 Å². The summed E-state index contributed by atoms with van der Waals surface area (Å²) in [6.45, 7) is 3.13. The van der Waals surface area contributed by atoms with Gasteiger partial charge in [-0.25, -0.2) is 4.79 Å². The summed E-state index contributed by atoms with van der Waals surface area (Å²) in [6, 6.07) is 11.5. The van der Waals surface area contributed by atoms with Crippen molar-refractivity contribution in [1.82, 2.24) is 0 Å². The molecule has 0 fully saturated rings. The Hall–Kier alpha value is -2.53. The lowest BCUT2D eigenvalue weighted by Gasteiger charge is -2.10. The van der Waals surface area contributed by atoms with Gasteiger partial charge in [0.2, 0.25) is 0 Å². The summed E-state index contributed by atoms with van der Waals surface area (Å²) in [5, 5.41) is 0.0259. The third kappa shape index (κ3) is 9.31. The fraction of sp³-hybridized carbons (Fsp3) is 0.462. The average molecular weight is 461 g/mol. The van der Waals surface area contributed by atoms with Gasteiger partial charge in [-0.2, -0.15) is 0 Å². The van der Waals surface area contributed by atoms with E-state index in [1.165, 1.54) is 63.5 Å². The first-order chi connectivity index (χ1) is 15.7. The van der Waals surface area contributed by atoms with Gasteiger partial charge in [-0.15, -0.1) is 0 Å². The van der Waals surface area contributed by atoms with E-state index in [4.69, 9.17) is 25.8 Å². The molecule has 0 saturated heterocycles. The van der Waals surface area contributed by atoms with Gasteiger partial charge in [0.15, 0.2) is 0 Å². The quantitative estimate of drug-likeness (QED) is 0.113. The van der Waals surface area contributed by atoms with Crippen LogP contribution in [0.3, 0.4) is 0 Å². The maximum atomic E-state index is 12.5. The number of rotatable bonds is 16. The average Bonchev–Trinajstić information content (AvgIpc) is 2.79. The van der Waals surface area contributed by atoms with Crippen molar-refractivity contribution in [3.8, 4) is 17.2 Å². The van der Waals surface area contributed by atoms with Gasteiger partial charge >= 0.3 is 5.97 Å². The highest BCUT2D eigenvalue weighted by molar-refractivity contribution is 6.35. The Kier molecular flexibility index (Phi) is 12.3. The normalized spacial score (nSPS) is 10.6. The Bertz CT molecular complexity index is 837. The molecule has 0 aliphatic carbocycles. The standard InChI is InChI=1S/C26H33ClO5/c1-2-3-4-5-6-7-8-9-10-11-18-30-21-14-12-15-22(19-21)32-26(29)23-16-13-17-24(25(23)27)31-20-28/h12-17,19-20H,2-11,18H2,1H3. The Morgan fingerprint density at radius 3 is 2.19 bits per heavy atom. The number of unbranched alkanes of at least 4 members (excludes halogenated alkanes) is 9. The second-order valence-corrected chi connectivity index (χ2v) is 8.10. The summed E-state index contributed by atoms with van der Waals surface area (Å²) < 4.78 is 16.0. The largest absolute Gasteiger partial charge is 0.493 e. The highest BCUT2D eigenvalue weighted by Gasteiger charge is 2.16. The highest BCUT2D eigenvalue weighted by Crippen LogP contribution is 2.29. The lowest BCUT2D eigenvalue weighted by Crippen LogP contribution is -2.10. The third-order valence-corrected chi connectivity index (χ3v) is 5.53. The maximum absolute atomic E-state index is 12.5. The smallest absolute Gasteiger partial charge is 0.345 e. The minimum Gasteiger partial charge on any atom is -0.493 e. The fourth-order valence-corrected chi connectivity index (χ4v) is 3.63. The van der Waals surface area contributed by atoms with E-state index in [1.54, 1.807) is 24.3 Å². The molecule has 0 unspecified atom stereocenters. The van der Waals surface area contributed by atoms with Crippen molar-refractivity contribution in [3.05, 3.63) is 53.1 Å². The van der Waals surface area contributed by atoms with Crippen LogP contribution in [-0.4, -0.2) is 19.0 Å². The molecule has 5 nitrogen and oxygen atoms in total. The van der Waals surface area contributed by atoms with Crippen LogP contribution in [0, 0.1) is 0 Å². The number of carbonyl (C=O) groups is 2. The van der Waals surface area contributed by atoms with E-state index >= 15 is 0 Å². The molecule has 2 aromatic rings. The van der Waals surface area contributed by atoms with E-state index in [9.17, 15) is 9.59 Å². The van der Waals surface area contributed by atoms with Gasteiger partial charge in [0, 0.05) is 6.07 Å². The van der Waals surface area contributed by atoms with Crippen molar-refractivity contribution in [2.24, 2.45) is 0 Å². The summed E-state index contributed by atoms with van der Waals surface area (Å²) in [5.74, 6) is 0.464. The molecule has 0 aliphatic rings. The topological polar surface area (TPSA) is 61.8 Å². The second kappa shape index (κ2) is 15.3. The first-order valence-electron chi connectivity index (χ1n) is 11.5. The Labute approximate surface area is 196 Å². The number of carbonyl (C=O) groups excluding carboxylic acids is 2. The Morgan fingerprint density at radius 1 is 0.875 bits per heavy atom. The van der Waals surface area contributed by atoms with E-state index in [1.807, 2.05) is 6.07 Å². The summed E-state index contributed by atoms with van der Waals surface area (Å²) >= 11 is 6.13. The van der Waals surface area contributed by atoms with E-state index in [0.717, 1.165) is 12.8 Å². The summed E-state index contributed by atoms with van der Waals surface area (Å²) in [4.78, 5) is 23.0. The molecule has 0 radical (unpaired) electrons. The fourth-order valence-electron chi connectivity index (χ4n) is 3.38. The van der Waals surface area contributed by atoms with Crippen LogP contribution in [0.2, 0.25) is 5.02 Å². The zero-order valence-corrected chi connectivity index (χ0v) is 19.6. The minimum atomic E-state index is -0.641. The molecule has 0 aromatic heterocycles. The lowest BCUT2D eigenvalue weighted by molar-refractivity contribution is -0.120. The highest BCUT2D eigenvalue weighted by atomic mass is 35.5. The summed E-state index contributed by atoms with van der Waals surface area (Å²) in [5.41, 5.74) is 0.114. The summed E-state index contributed by atoms with van der Waals surface area (Å²) in [6.07, 6.45) is 12.7. The lowest BCUT2D eigenvalue weighted by atomic mass is 10.1. The number of esters is 1. The molecule has 0 spiro atoms. The number of hydrogen-bond donors (Lipinski definition) is 0. The van der Waals surface area contributed by atoms with Crippen LogP contribution in [0.25, 0.3) is 0 Å². The van der Waals surface area contributed by atoms with Crippen LogP contribution in [0.1, 0.15) is 81.5 Å². The molecule has 0 N–H and O–H groups in total. The van der Waals surface area contributed by atoms with Crippen LogP contribution in [-0.2, 0) is 4.79 Å². The SMILES string of the molecule is CCCCCCCCCCCCOc1cccc(OC(=O)c2cccc(OC=O)c2Cl)c1. The van der Waals surface area contributed by atoms with Gasteiger partial charge in [0.25, 0.3) is 6.47 Å². The van der Waals surface area contributed by atoms with Gasteiger partial charge in [-0.1, -0.05) is 88.4 Å². The molecule has 0 saturated carbocycles. The molecule has 0 aliphatic heterocycles. The van der Waals surface area contributed by atoms with Gasteiger partial charge in [-0.3, -0.25) is 4.79 Å². The molecular weight excluding hydrogens is 428 g/mol. The van der Waals surface area contributed by atoms with Crippen molar-refractivity contribution >= 4 is 24.0 Å². The molecule has 6 heteroatoms. The Morgan fingerprint density at radius 2 is 1.50 bits per heavy atom. The minimum absolute atomic E-state index is 0.0259. The van der Waals surface area contributed by atoms with Crippen molar-refractivity contribution in [2.45, 2.75) is 71.1 Å². The molecule has 174 valence electrons. The van der Waals surface area contributed by atoms with Gasteiger partial charge in [0.05, 0.1) is 17.2 Å². The predicted molar refractivity (Wildman–Crippen MR) is 127 cm³/mol. The van der Waals surface area contributed by atoms with Crippen LogP contribution >= 0.6 is 11.6 Å². The molecule has 0 atom stereocenters. The molecule has 0 amide bonds. The molecule has 2 rings (SSSR count). The van der Waals surface area contributed by atoms with Gasteiger partial charge in [-0.05, 0) is 30.7 Å². The van der Waals surface area contributed by atoms with E-state index < -0.39 is 5.97 Å². The van der Waals surface area contributed by atoms with Gasteiger partial charge in [0.1, 0.15) is 17.2 Å². The van der Waals surface area contributed by atoms with Crippen LogP contribution < -0.4 is 14.2 Å². The number of hydrogen-bond acceptors (Lipinski definition) is 5. The first-order valence-corrected chi connectivity index (χ1v) is 11.9. The van der Waals surface area contributed by atoms with E-state index in [-0.39, 0.29) is 22.8 Å². The molecular formula is C26H33ClO5. The van der Waals surface area contributed by atoms with E-state index in [2.05, 4.69) is 6.92 Å². The molecule has 2 aromatic carbocycles. The maximum Gasteiger partial charge on any atom is 0.345 e. The second-order valence-electron chi connectivity index (χ2n) is 7.73. The van der Waals surface area contributed by atoms with Crippen LogP contribution in [0.5, 0.6) is 17.2 Å². The van der Waals surface area contributed by atoms with Crippen molar-refractivity contribution in [2.75, 3.05) is 6.61 Å². The zero-order valence-electron chi connectivity index (χ0n) is 18.8. The van der Waals surface area contributed by atoms with Crippen molar-refractivity contribution in [1.29, 1.82) is 0 Å². The first kappa shape index (κ1) is 25.7. The van der Waals surface area contributed by atoms with Crippen molar-refractivity contribution < 1.29 is 23.8 Å². The van der Waals surface area contributed by atoms with Crippen molar-refractivity contribution in [3.63, 3.8) is 0 Å². The molecule has 0 heterocycles. The zero-order chi connectivity index (χ0) is 23.0. The predicted octanol–water partition coefficient (Wildman–Crippen LogP) is 7.39.